The molecule has 0 aromatic heterocycles. The third kappa shape index (κ3) is 9.20. The molecular formula is C57H36N3O7P. The van der Waals surface area contributed by atoms with Crippen LogP contribution in [-0.4, -0.2) is 0 Å². The van der Waals surface area contributed by atoms with Crippen molar-refractivity contribution in [2.45, 2.75) is 0 Å². The van der Waals surface area contributed by atoms with Crippen LogP contribution < -0.4 is 27.8 Å². The molecule has 9 rings (SSSR count). The lowest BCUT2D eigenvalue weighted by Crippen LogP contribution is -2.10. The van der Waals surface area contributed by atoms with Crippen LogP contribution in [0.1, 0.15) is 0 Å². The predicted molar refractivity (Wildman–Crippen MR) is 260 cm³/mol. The van der Waals surface area contributed by atoms with E-state index < -0.39 is 7.82 Å². The van der Waals surface area contributed by atoms with Crippen LogP contribution in [0.15, 0.2) is 218 Å². The van der Waals surface area contributed by atoms with E-state index in [0.29, 0.717) is 66.8 Å². The molecule has 0 aliphatic heterocycles. The van der Waals surface area contributed by atoms with Crippen LogP contribution in [0.3, 0.4) is 0 Å². The van der Waals surface area contributed by atoms with Crippen molar-refractivity contribution in [3.05, 3.63) is 218 Å². The Morgan fingerprint density at radius 1 is 0.265 bits per heavy atom. The van der Waals surface area contributed by atoms with Gasteiger partial charge in [-0.25, -0.2) is 0 Å². The zero-order valence-corrected chi connectivity index (χ0v) is 36.8. The summed E-state index contributed by atoms with van der Waals surface area (Å²) >= 11 is 0. The molecular weight excluding hydrogens is 870 g/mol. The third-order valence-electron chi connectivity index (χ3n) is 10.9. The van der Waals surface area contributed by atoms with Crippen LogP contribution in [0.5, 0.6) is 34.5 Å². The van der Waals surface area contributed by atoms with Crippen LogP contribution in [0.4, 0.5) is 0 Å². The number of ether oxygens (including phenoxy) is 3. The van der Waals surface area contributed by atoms with Gasteiger partial charge in [0.25, 0.3) is 18.8 Å². The quantitative estimate of drug-likeness (QED) is 0.0720. The highest BCUT2D eigenvalue weighted by Gasteiger charge is 2.39. The van der Waals surface area contributed by atoms with Crippen LogP contribution in [0.25, 0.3) is 66.8 Å². The lowest BCUT2D eigenvalue weighted by atomic mass is 9.93. The van der Waals surface area contributed by atoms with E-state index in [-0.39, 0.29) is 34.5 Å². The largest absolute Gasteiger partial charge is 0.647 e. The highest BCUT2D eigenvalue weighted by molar-refractivity contribution is 7.49. The molecule has 10 nitrogen and oxygen atoms in total. The van der Waals surface area contributed by atoms with Crippen molar-refractivity contribution >= 4 is 7.82 Å². The number of phosphoric ester groups is 1. The van der Waals surface area contributed by atoms with E-state index in [4.69, 9.17) is 27.8 Å². The van der Waals surface area contributed by atoms with Crippen LogP contribution in [-0.2, 0) is 4.57 Å². The molecule has 68 heavy (non-hydrogen) atoms. The summed E-state index contributed by atoms with van der Waals surface area (Å²) in [5.41, 5.74) is 6.66. The van der Waals surface area contributed by atoms with E-state index in [1.165, 1.54) is 0 Å². The smallest absolute Gasteiger partial charge is 0.387 e. The maximum absolute atomic E-state index is 16.5. The molecule has 0 spiro atoms. The average molecular weight is 906 g/mol. The van der Waals surface area contributed by atoms with E-state index in [1.54, 1.807) is 36.4 Å². The maximum Gasteiger partial charge on any atom is 0.647 e. The molecule has 11 heteroatoms. The second-order valence-corrected chi connectivity index (χ2v) is 16.4. The summed E-state index contributed by atoms with van der Waals surface area (Å²) in [7, 11) is -5.07. The zero-order valence-electron chi connectivity index (χ0n) is 35.9. The Morgan fingerprint density at radius 3 is 0.632 bits per heavy atom. The van der Waals surface area contributed by atoms with Crippen molar-refractivity contribution in [1.82, 2.24) is 0 Å². The number of nitriles is 3. The first-order chi connectivity index (χ1) is 33.5. The van der Waals surface area contributed by atoms with Gasteiger partial charge in [0.05, 0.1) is 0 Å². The molecule has 0 saturated carbocycles. The van der Waals surface area contributed by atoms with Gasteiger partial charge in [-0.15, -0.1) is 15.8 Å². The summed E-state index contributed by atoms with van der Waals surface area (Å²) in [6, 6.07) is 65.1. The molecule has 326 valence electrons. The molecule has 0 aliphatic rings. The Balaban J connectivity index is 1.33. The molecule has 9 aromatic rings. The van der Waals surface area contributed by atoms with Gasteiger partial charge in [-0.2, -0.15) is 4.57 Å². The fraction of sp³-hybridized carbons (Fsp3) is 0. The van der Waals surface area contributed by atoms with Gasteiger partial charge >= 0.3 is 7.82 Å². The monoisotopic (exact) mass is 905 g/mol. The van der Waals surface area contributed by atoms with Gasteiger partial charge < -0.3 is 27.8 Å². The first kappa shape index (κ1) is 43.7. The number of benzene rings is 9. The summed E-state index contributed by atoms with van der Waals surface area (Å²) in [6.45, 7) is 0. The normalized spacial score (nSPS) is 10.7. The van der Waals surface area contributed by atoms with E-state index in [9.17, 15) is 15.8 Å². The molecule has 0 radical (unpaired) electrons. The molecule has 0 saturated heterocycles. The van der Waals surface area contributed by atoms with Gasteiger partial charge in [-0.05, 0) is 69.8 Å². The zero-order chi connectivity index (χ0) is 46.7. The molecule has 0 aliphatic carbocycles. The highest BCUT2D eigenvalue weighted by atomic mass is 31.2. The van der Waals surface area contributed by atoms with Gasteiger partial charge in [0, 0.05) is 33.4 Å². The van der Waals surface area contributed by atoms with E-state index >= 15 is 4.57 Å². The number of phosphoric acid groups is 1. The highest BCUT2D eigenvalue weighted by Crippen LogP contribution is 2.59. The van der Waals surface area contributed by atoms with Crippen molar-refractivity contribution in [2.24, 2.45) is 0 Å². The number of rotatable bonds is 15. The summed E-state index contributed by atoms with van der Waals surface area (Å²) in [6.07, 6.45) is 5.43. The maximum atomic E-state index is 16.5. The summed E-state index contributed by atoms with van der Waals surface area (Å²) in [5, 5.41) is 29.6. The number of hydrogen-bond acceptors (Lipinski definition) is 10. The topological polar surface area (TPSA) is 144 Å². The number of hydrogen-bond donors (Lipinski definition) is 0. The van der Waals surface area contributed by atoms with Gasteiger partial charge in [-0.1, -0.05) is 182 Å². The molecule has 0 N–H and O–H groups in total. The van der Waals surface area contributed by atoms with Crippen molar-refractivity contribution < 1.29 is 32.3 Å². The third-order valence-corrected chi connectivity index (χ3v) is 12.1. The first-order valence-electron chi connectivity index (χ1n) is 21.2. The van der Waals surface area contributed by atoms with Crippen molar-refractivity contribution in [3.63, 3.8) is 0 Å². The van der Waals surface area contributed by atoms with Gasteiger partial charge in [0.2, 0.25) is 0 Å². The van der Waals surface area contributed by atoms with Gasteiger partial charge in [0.1, 0.15) is 17.2 Å². The van der Waals surface area contributed by atoms with E-state index in [0.717, 1.165) is 0 Å². The predicted octanol–water partition coefficient (Wildman–Crippen LogP) is 14.9. The molecule has 0 fully saturated rings. The Morgan fingerprint density at radius 2 is 0.441 bits per heavy atom. The Bertz CT molecular complexity index is 3030. The molecule has 0 heterocycles. The molecule has 0 unspecified atom stereocenters. The molecule has 0 amide bonds. The Hall–Kier alpha value is -9.52. The first-order valence-corrected chi connectivity index (χ1v) is 22.6. The second-order valence-electron chi connectivity index (χ2n) is 14.9. The fourth-order valence-corrected chi connectivity index (χ4v) is 9.38. The van der Waals surface area contributed by atoms with Crippen molar-refractivity contribution in [1.29, 1.82) is 15.8 Å². The van der Waals surface area contributed by atoms with E-state index in [2.05, 4.69) is 0 Å². The van der Waals surface area contributed by atoms with Crippen LogP contribution in [0, 0.1) is 34.6 Å². The summed E-state index contributed by atoms with van der Waals surface area (Å²) in [4.78, 5) is 0. The minimum atomic E-state index is -5.07. The van der Waals surface area contributed by atoms with Crippen molar-refractivity contribution in [3.8, 4) is 120 Å². The SMILES string of the molecule is N#COc1ccc(OP(=O)(Oc2ccc(OC#N)c(-c3ccccc3)c2-c2ccccc2)Oc2ccc(OC#N)c(-c3ccccc3)c2-c2ccccc2)c(-c2ccccc2)c1-c1ccccc1. The number of nitrogens with zero attached hydrogens (tertiary/aromatic N) is 3. The van der Waals surface area contributed by atoms with Gasteiger partial charge in [-0.3, -0.25) is 0 Å². The summed E-state index contributed by atoms with van der Waals surface area (Å²) in [5.74, 6) is 0.853. The standard InChI is InChI=1S/C57H36N3O7P/c58-37-62-46-31-34-49(55(43-25-13-4-14-26-43)52(46)40-19-7-1-8-20-40)65-68(61,66-50-35-32-47(63-38-59)53(41-21-9-2-10-22-41)56(50)44-27-15-5-16-28-44)67-51-36-33-48(64-39-60)54(42-23-11-3-12-24-42)57(51)45-29-17-6-18-30-45/h1-36H. The Kier molecular flexibility index (Phi) is 12.9. The summed E-state index contributed by atoms with van der Waals surface area (Å²) < 4.78 is 53.7. The van der Waals surface area contributed by atoms with Crippen molar-refractivity contribution in [2.75, 3.05) is 0 Å². The second kappa shape index (κ2) is 20.1. The molecule has 0 atom stereocenters. The fourth-order valence-electron chi connectivity index (χ4n) is 8.09. The van der Waals surface area contributed by atoms with Crippen LogP contribution >= 0.6 is 7.82 Å². The molecule has 9 aromatic carbocycles. The lowest BCUT2D eigenvalue weighted by molar-refractivity contribution is 0.299. The average Bonchev–Trinajstić information content (AvgIpc) is 3.39. The minimum Gasteiger partial charge on any atom is -0.387 e. The van der Waals surface area contributed by atoms with Gasteiger partial charge in [0.15, 0.2) is 17.2 Å². The van der Waals surface area contributed by atoms with Crippen LogP contribution in [0.2, 0.25) is 0 Å². The molecule has 0 bridgehead atoms. The minimum absolute atomic E-state index is 0.0617. The Labute approximate surface area is 392 Å². The lowest BCUT2D eigenvalue weighted by Gasteiger charge is -2.26. The van der Waals surface area contributed by atoms with E-state index in [1.807, 2.05) is 201 Å².